The minimum atomic E-state index is -0.579. The summed E-state index contributed by atoms with van der Waals surface area (Å²) in [5, 5.41) is 0. The van der Waals surface area contributed by atoms with Gasteiger partial charge >= 0.3 is 6.09 Å². The molecule has 4 atom stereocenters. The van der Waals surface area contributed by atoms with Gasteiger partial charge in [-0.15, -0.1) is 0 Å². The van der Waals surface area contributed by atoms with Crippen LogP contribution in [-0.2, 0) is 4.74 Å². The molecule has 3 aliphatic rings. The third-order valence-corrected chi connectivity index (χ3v) is 6.02. The van der Waals surface area contributed by atoms with E-state index in [1.54, 1.807) is 29.2 Å². The van der Waals surface area contributed by atoms with Gasteiger partial charge in [0.2, 0.25) is 0 Å². The van der Waals surface area contributed by atoms with E-state index in [1.807, 2.05) is 20.8 Å². The average Bonchev–Trinajstić information content (AvgIpc) is 3.19. The molecule has 1 saturated carbocycles. The van der Waals surface area contributed by atoms with Crippen LogP contribution >= 0.6 is 0 Å². The molecule has 1 aromatic carbocycles. The zero-order chi connectivity index (χ0) is 19.5. The van der Waals surface area contributed by atoms with Gasteiger partial charge in [-0.3, -0.25) is 14.5 Å². The summed E-state index contributed by atoms with van der Waals surface area (Å²) in [4.78, 5) is 41.5. The maximum Gasteiger partial charge on any atom is 0.410 e. The van der Waals surface area contributed by atoms with Crippen molar-refractivity contribution in [2.24, 2.45) is 11.8 Å². The summed E-state index contributed by atoms with van der Waals surface area (Å²) in [6.45, 7) is 7.96. The molecule has 0 radical (unpaired) electrons. The minimum Gasteiger partial charge on any atom is -0.444 e. The average molecular weight is 370 g/mol. The predicted molar refractivity (Wildman–Crippen MR) is 99.3 cm³/mol. The SMILES string of the molecule is C[C@@H]1CC2C[C@@H]1[C@H](CN1C(=O)c3ccccc3C1=O)N2C(=O)OC(C)(C)C. The highest BCUT2D eigenvalue weighted by Crippen LogP contribution is 2.47. The molecule has 1 saturated heterocycles. The zero-order valence-electron chi connectivity index (χ0n) is 16.3. The highest BCUT2D eigenvalue weighted by molar-refractivity contribution is 6.21. The number of piperidine rings is 1. The standard InChI is InChI=1S/C21H26N2O4/c1-12-9-13-10-16(12)17(23(13)20(26)27-21(2,3)4)11-22-18(24)14-7-5-6-8-15(14)19(22)25/h5-8,12-13,16-17H,9-11H2,1-4H3/t12-,13?,16+,17+/m1/s1. The van der Waals surface area contributed by atoms with Gasteiger partial charge < -0.3 is 9.64 Å². The first-order chi connectivity index (χ1) is 12.7. The number of carbonyl (C=O) groups is 3. The van der Waals surface area contributed by atoms with E-state index in [0.29, 0.717) is 17.0 Å². The van der Waals surface area contributed by atoms with Crippen LogP contribution in [0.25, 0.3) is 0 Å². The number of likely N-dealkylation sites (tertiary alicyclic amines) is 1. The van der Waals surface area contributed by atoms with Crippen LogP contribution in [0, 0.1) is 11.8 Å². The van der Waals surface area contributed by atoms with Crippen LogP contribution < -0.4 is 0 Å². The molecular formula is C21H26N2O4. The highest BCUT2D eigenvalue weighted by Gasteiger charge is 2.54. The Balaban J connectivity index is 1.59. The van der Waals surface area contributed by atoms with E-state index < -0.39 is 5.60 Å². The van der Waals surface area contributed by atoms with Crippen molar-refractivity contribution < 1.29 is 19.1 Å². The summed E-state index contributed by atoms with van der Waals surface area (Å²) in [6.07, 6.45) is 1.51. The highest BCUT2D eigenvalue weighted by atomic mass is 16.6. The quantitative estimate of drug-likeness (QED) is 0.749. The lowest BCUT2D eigenvalue weighted by Crippen LogP contribution is -2.54. The Kier molecular flexibility index (Phi) is 4.05. The Morgan fingerprint density at radius 1 is 1.11 bits per heavy atom. The second-order valence-electron chi connectivity index (χ2n) is 8.99. The topological polar surface area (TPSA) is 66.9 Å². The van der Waals surface area contributed by atoms with E-state index in [9.17, 15) is 14.4 Å². The molecule has 2 bridgehead atoms. The fourth-order valence-electron chi connectivity index (χ4n) is 4.90. The van der Waals surface area contributed by atoms with E-state index in [2.05, 4.69) is 6.92 Å². The minimum absolute atomic E-state index is 0.125. The van der Waals surface area contributed by atoms with Crippen molar-refractivity contribution in [3.8, 4) is 0 Å². The van der Waals surface area contributed by atoms with Gasteiger partial charge in [0.25, 0.3) is 11.8 Å². The molecule has 1 aliphatic carbocycles. The Morgan fingerprint density at radius 2 is 1.70 bits per heavy atom. The first-order valence-corrected chi connectivity index (χ1v) is 9.64. The number of carbonyl (C=O) groups excluding carboxylic acids is 3. The van der Waals surface area contributed by atoms with Gasteiger partial charge in [-0.1, -0.05) is 19.1 Å². The third kappa shape index (κ3) is 2.91. The molecular weight excluding hydrogens is 344 g/mol. The number of rotatable bonds is 2. The normalized spacial score (nSPS) is 29.5. The van der Waals surface area contributed by atoms with Gasteiger partial charge in [0.05, 0.1) is 23.7 Å². The van der Waals surface area contributed by atoms with Crippen LogP contribution in [0.1, 0.15) is 61.3 Å². The summed E-state index contributed by atoms with van der Waals surface area (Å²) >= 11 is 0. The van der Waals surface area contributed by atoms with Crippen LogP contribution in [0.15, 0.2) is 24.3 Å². The summed E-state index contributed by atoms with van der Waals surface area (Å²) in [5.41, 5.74) is 0.315. The molecule has 1 aromatic rings. The number of nitrogens with zero attached hydrogens (tertiary/aromatic N) is 2. The van der Waals surface area contributed by atoms with Crippen molar-refractivity contribution in [1.29, 1.82) is 0 Å². The van der Waals surface area contributed by atoms with Crippen LogP contribution in [0.5, 0.6) is 0 Å². The molecule has 0 N–H and O–H groups in total. The van der Waals surface area contributed by atoms with E-state index in [-0.39, 0.29) is 42.5 Å². The molecule has 2 heterocycles. The van der Waals surface area contributed by atoms with Crippen molar-refractivity contribution in [3.63, 3.8) is 0 Å². The van der Waals surface area contributed by atoms with Crippen LogP contribution in [0.3, 0.4) is 0 Å². The van der Waals surface area contributed by atoms with Crippen molar-refractivity contribution in [2.75, 3.05) is 6.54 Å². The van der Waals surface area contributed by atoms with Crippen LogP contribution in [0.4, 0.5) is 4.79 Å². The summed E-state index contributed by atoms with van der Waals surface area (Å²) in [7, 11) is 0. The van der Waals surface area contributed by atoms with E-state index >= 15 is 0 Å². The Hall–Kier alpha value is -2.37. The van der Waals surface area contributed by atoms with Gasteiger partial charge in [-0.2, -0.15) is 0 Å². The molecule has 6 nitrogen and oxygen atoms in total. The second kappa shape index (κ2) is 6.08. The van der Waals surface area contributed by atoms with Crippen LogP contribution in [-0.4, -0.2) is 51.9 Å². The van der Waals surface area contributed by atoms with E-state index in [4.69, 9.17) is 4.74 Å². The molecule has 144 valence electrons. The van der Waals surface area contributed by atoms with E-state index in [0.717, 1.165) is 12.8 Å². The van der Waals surface area contributed by atoms with Crippen LogP contribution in [0.2, 0.25) is 0 Å². The maximum atomic E-state index is 12.8. The first kappa shape index (κ1) is 18.0. The number of amides is 3. The second-order valence-corrected chi connectivity index (χ2v) is 8.99. The molecule has 0 spiro atoms. The smallest absolute Gasteiger partial charge is 0.410 e. The molecule has 2 aliphatic heterocycles. The Labute approximate surface area is 159 Å². The van der Waals surface area contributed by atoms with Gasteiger partial charge in [0.15, 0.2) is 0 Å². The molecule has 6 heteroatoms. The third-order valence-electron chi connectivity index (χ3n) is 6.02. The van der Waals surface area contributed by atoms with Crippen molar-refractivity contribution in [2.45, 2.75) is 58.2 Å². The Morgan fingerprint density at radius 3 is 2.26 bits per heavy atom. The lowest BCUT2D eigenvalue weighted by atomic mass is 9.89. The first-order valence-electron chi connectivity index (χ1n) is 9.64. The Bertz CT molecular complexity index is 778. The summed E-state index contributed by atoms with van der Waals surface area (Å²) in [6, 6.07) is 6.84. The van der Waals surface area contributed by atoms with Gasteiger partial charge in [0, 0.05) is 6.04 Å². The summed E-state index contributed by atoms with van der Waals surface area (Å²) < 4.78 is 5.62. The predicted octanol–water partition coefficient (Wildman–Crippen LogP) is 3.32. The fourth-order valence-corrected chi connectivity index (χ4v) is 4.90. The fraction of sp³-hybridized carbons (Fsp3) is 0.571. The molecule has 27 heavy (non-hydrogen) atoms. The monoisotopic (exact) mass is 370 g/mol. The number of hydrogen-bond donors (Lipinski definition) is 0. The molecule has 2 fully saturated rings. The number of hydrogen-bond acceptors (Lipinski definition) is 4. The molecule has 4 rings (SSSR count). The maximum absolute atomic E-state index is 12.8. The van der Waals surface area contributed by atoms with Crippen molar-refractivity contribution >= 4 is 17.9 Å². The van der Waals surface area contributed by atoms with E-state index in [1.165, 1.54) is 4.90 Å². The van der Waals surface area contributed by atoms with Gasteiger partial charge in [-0.25, -0.2) is 4.79 Å². The van der Waals surface area contributed by atoms with Gasteiger partial charge in [0.1, 0.15) is 5.60 Å². The number of benzene rings is 1. The van der Waals surface area contributed by atoms with Crippen molar-refractivity contribution in [3.05, 3.63) is 35.4 Å². The molecule has 3 amide bonds. The van der Waals surface area contributed by atoms with Gasteiger partial charge in [-0.05, 0) is 57.6 Å². The zero-order valence-corrected chi connectivity index (χ0v) is 16.3. The summed E-state index contributed by atoms with van der Waals surface area (Å²) in [5.74, 6) is 0.214. The lowest BCUT2D eigenvalue weighted by Gasteiger charge is -2.39. The number of fused-ring (bicyclic) bond motifs is 3. The largest absolute Gasteiger partial charge is 0.444 e. The number of imide groups is 1. The molecule has 1 unspecified atom stereocenters. The lowest BCUT2D eigenvalue weighted by molar-refractivity contribution is -0.00141. The van der Waals surface area contributed by atoms with Crippen molar-refractivity contribution in [1.82, 2.24) is 9.80 Å². The molecule has 0 aromatic heterocycles. The number of ether oxygens (including phenoxy) is 1.